The van der Waals surface area contributed by atoms with Gasteiger partial charge >= 0.3 is 0 Å². The summed E-state index contributed by atoms with van der Waals surface area (Å²) in [4.78, 5) is 2.49. The quantitative estimate of drug-likeness (QED) is 0.603. The van der Waals surface area contributed by atoms with Gasteiger partial charge in [0, 0.05) is 19.6 Å². The molecule has 1 aliphatic heterocycles. The van der Waals surface area contributed by atoms with Crippen molar-refractivity contribution in [3.05, 3.63) is 60.2 Å². The van der Waals surface area contributed by atoms with Crippen LogP contribution in [0.15, 0.2) is 54.6 Å². The first kappa shape index (κ1) is 20.6. The summed E-state index contributed by atoms with van der Waals surface area (Å²) in [5, 5.41) is 8.15. The topological polar surface area (TPSA) is 53.1 Å². The molecule has 1 aliphatic rings. The summed E-state index contributed by atoms with van der Waals surface area (Å²) in [6.45, 7) is 12.5. The zero-order valence-electron chi connectivity index (χ0n) is 16.5. The lowest BCUT2D eigenvalue weighted by molar-refractivity contribution is 0.345. The maximum Gasteiger partial charge on any atom is 0.0575 e. The minimum absolute atomic E-state index is 0.535. The van der Waals surface area contributed by atoms with Crippen molar-refractivity contribution >= 4 is 5.71 Å². The number of benzene rings is 1. The molecule has 3 heteroatoms. The second kappa shape index (κ2) is 10.4. The molecule has 142 valence electrons. The molecule has 0 bridgehead atoms. The standard InChI is InChI=1S/C23H35N3/c1-4-20-16-26(15-19(3)23(25)12-8-9-13-24)17-22(20)14-18(2)21-10-6-5-7-11-21/h5-8,10-12,18,20,22,25H,3-4,9,13-17,24H2,1-2H3/b12-8-,25-23?. The number of hydrogen-bond donors (Lipinski definition) is 2. The molecule has 1 aromatic carbocycles. The van der Waals surface area contributed by atoms with Gasteiger partial charge in [0.25, 0.3) is 0 Å². The largest absolute Gasteiger partial charge is 0.330 e. The van der Waals surface area contributed by atoms with E-state index in [2.05, 4.69) is 55.7 Å². The van der Waals surface area contributed by atoms with Gasteiger partial charge in [-0.15, -0.1) is 0 Å². The van der Waals surface area contributed by atoms with Gasteiger partial charge < -0.3 is 11.1 Å². The van der Waals surface area contributed by atoms with Crippen LogP contribution in [0.4, 0.5) is 0 Å². The summed E-state index contributed by atoms with van der Waals surface area (Å²) in [6.07, 6.45) is 7.09. The van der Waals surface area contributed by atoms with Crippen molar-refractivity contribution in [2.45, 2.75) is 39.0 Å². The summed E-state index contributed by atoms with van der Waals surface area (Å²) in [6, 6.07) is 10.9. The van der Waals surface area contributed by atoms with E-state index in [4.69, 9.17) is 11.1 Å². The van der Waals surface area contributed by atoms with Crippen molar-refractivity contribution in [3.8, 4) is 0 Å². The predicted molar refractivity (Wildman–Crippen MR) is 113 cm³/mol. The summed E-state index contributed by atoms with van der Waals surface area (Å²) in [7, 11) is 0. The second-order valence-electron chi connectivity index (χ2n) is 7.67. The summed E-state index contributed by atoms with van der Waals surface area (Å²) in [5.74, 6) is 2.07. The molecule has 3 nitrogen and oxygen atoms in total. The lowest BCUT2D eigenvalue weighted by atomic mass is 9.83. The molecule has 3 N–H and O–H groups in total. The molecule has 1 saturated heterocycles. The van der Waals surface area contributed by atoms with Gasteiger partial charge in [-0.2, -0.15) is 0 Å². The van der Waals surface area contributed by atoms with Gasteiger partial charge in [0.05, 0.1) is 5.71 Å². The van der Waals surface area contributed by atoms with E-state index >= 15 is 0 Å². The monoisotopic (exact) mass is 353 g/mol. The molecule has 0 amide bonds. The van der Waals surface area contributed by atoms with Crippen LogP contribution >= 0.6 is 0 Å². The molecule has 3 unspecified atom stereocenters. The maximum atomic E-state index is 8.15. The molecule has 0 radical (unpaired) electrons. The Bertz CT molecular complexity index is 605. The Balaban J connectivity index is 1.89. The Hall–Kier alpha value is -1.71. The Morgan fingerprint density at radius 2 is 2.00 bits per heavy atom. The number of allylic oxidation sites excluding steroid dienone is 1. The van der Waals surface area contributed by atoms with Crippen molar-refractivity contribution in [2.24, 2.45) is 17.6 Å². The van der Waals surface area contributed by atoms with Crippen LogP contribution in [0.1, 0.15) is 44.6 Å². The minimum atomic E-state index is 0.535. The lowest BCUT2D eigenvalue weighted by Gasteiger charge is -2.21. The van der Waals surface area contributed by atoms with Crippen LogP contribution in [-0.2, 0) is 0 Å². The van der Waals surface area contributed by atoms with E-state index in [-0.39, 0.29) is 0 Å². The van der Waals surface area contributed by atoms with Crippen molar-refractivity contribution in [1.82, 2.24) is 4.90 Å². The molecular weight excluding hydrogens is 318 g/mol. The zero-order chi connectivity index (χ0) is 18.9. The number of nitrogens with two attached hydrogens (primary N) is 1. The van der Waals surface area contributed by atoms with Gasteiger partial charge in [-0.05, 0) is 54.4 Å². The van der Waals surface area contributed by atoms with E-state index < -0.39 is 0 Å². The van der Waals surface area contributed by atoms with Crippen LogP contribution in [0.2, 0.25) is 0 Å². The molecule has 1 aromatic rings. The molecule has 0 aliphatic carbocycles. The Kier molecular flexibility index (Phi) is 8.27. The normalized spacial score (nSPS) is 22.0. The first-order chi connectivity index (χ1) is 12.5. The average Bonchev–Trinajstić information content (AvgIpc) is 3.03. The van der Waals surface area contributed by atoms with Crippen molar-refractivity contribution in [2.75, 3.05) is 26.2 Å². The molecule has 1 heterocycles. The number of hydrogen-bond acceptors (Lipinski definition) is 3. The van der Waals surface area contributed by atoms with Crippen LogP contribution in [0.25, 0.3) is 0 Å². The number of nitrogens with zero attached hydrogens (tertiary/aromatic N) is 1. The maximum absolute atomic E-state index is 8.15. The third-order valence-electron chi connectivity index (χ3n) is 5.61. The Labute approximate surface area is 159 Å². The summed E-state index contributed by atoms with van der Waals surface area (Å²) < 4.78 is 0. The van der Waals surface area contributed by atoms with Gasteiger partial charge in [-0.1, -0.05) is 63.3 Å². The van der Waals surface area contributed by atoms with Crippen molar-refractivity contribution in [3.63, 3.8) is 0 Å². The lowest BCUT2D eigenvalue weighted by Crippen LogP contribution is -2.25. The van der Waals surface area contributed by atoms with Gasteiger partial charge in [-0.25, -0.2) is 0 Å². The number of rotatable bonds is 10. The van der Waals surface area contributed by atoms with Gasteiger partial charge in [0.2, 0.25) is 0 Å². The third kappa shape index (κ3) is 5.93. The average molecular weight is 354 g/mol. The molecule has 0 saturated carbocycles. The van der Waals surface area contributed by atoms with Crippen molar-refractivity contribution in [1.29, 1.82) is 5.41 Å². The Morgan fingerprint density at radius 1 is 1.31 bits per heavy atom. The summed E-state index contributed by atoms with van der Waals surface area (Å²) in [5.41, 5.74) is 8.38. The van der Waals surface area contributed by atoms with E-state index in [9.17, 15) is 0 Å². The second-order valence-corrected chi connectivity index (χ2v) is 7.67. The fourth-order valence-electron chi connectivity index (χ4n) is 4.04. The third-order valence-corrected chi connectivity index (χ3v) is 5.61. The number of nitrogens with one attached hydrogen (secondary N) is 1. The van der Waals surface area contributed by atoms with E-state index in [0.29, 0.717) is 18.2 Å². The highest BCUT2D eigenvalue weighted by molar-refractivity contribution is 6.05. The fourth-order valence-corrected chi connectivity index (χ4v) is 4.04. The molecule has 0 aromatic heterocycles. The molecule has 0 spiro atoms. The van der Waals surface area contributed by atoms with Crippen LogP contribution in [0, 0.1) is 17.2 Å². The van der Waals surface area contributed by atoms with E-state index in [1.165, 1.54) is 18.4 Å². The predicted octanol–water partition coefficient (Wildman–Crippen LogP) is 4.62. The van der Waals surface area contributed by atoms with Crippen LogP contribution in [-0.4, -0.2) is 36.8 Å². The smallest absolute Gasteiger partial charge is 0.0575 e. The molecule has 26 heavy (non-hydrogen) atoms. The highest BCUT2D eigenvalue weighted by Crippen LogP contribution is 2.34. The fraction of sp³-hybridized carbons (Fsp3) is 0.522. The molecule has 3 atom stereocenters. The first-order valence-corrected chi connectivity index (χ1v) is 9.95. The van der Waals surface area contributed by atoms with Crippen LogP contribution in [0.3, 0.4) is 0 Å². The van der Waals surface area contributed by atoms with E-state index in [0.717, 1.165) is 43.5 Å². The molecule has 2 rings (SSSR count). The highest BCUT2D eigenvalue weighted by atomic mass is 15.2. The zero-order valence-corrected chi connectivity index (χ0v) is 16.5. The minimum Gasteiger partial charge on any atom is -0.330 e. The van der Waals surface area contributed by atoms with Gasteiger partial charge in [0.1, 0.15) is 0 Å². The molecule has 1 fully saturated rings. The molecular formula is C23H35N3. The van der Waals surface area contributed by atoms with Gasteiger partial charge in [-0.3, -0.25) is 4.90 Å². The van der Waals surface area contributed by atoms with Gasteiger partial charge in [0.15, 0.2) is 0 Å². The van der Waals surface area contributed by atoms with E-state index in [1.54, 1.807) is 0 Å². The van der Waals surface area contributed by atoms with Crippen LogP contribution < -0.4 is 5.73 Å². The number of likely N-dealkylation sites (tertiary alicyclic amines) is 1. The summed E-state index contributed by atoms with van der Waals surface area (Å²) >= 11 is 0. The highest BCUT2D eigenvalue weighted by Gasteiger charge is 2.32. The van der Waals surface area contributed by atoms with Crippen molar-refractivity contribution < 1.29 is 0 Å². The Morgan fingerprint density at radius 3 is 2.65 bits per heavy atom. The van der Waals surface area contributed by atoms with Crippen LogP contribution in [0.5, 0.6) is 0 Å². The van der Waals surface area contributed by atoms with E-state index in [1.807, 2.05) is 12.2 Å². The SMILES string of the molecule is C=C(CN1CC(CC)C(CC(C)c2ccccc2)C1)C(=N)/C=C\CCN. The first-order valence-electron chi connectivity index (χ1n) is 9.95.